The van der Waals surface area contributed by atoms with Crippen molar-refractivity contribution in [3.8, 4) is 11.3 Å². The molecule has 1 aromatic carbocycles. The molecule has 0 bridgehead atoms. The molecule has 2 atom stereocenters. The Bertz CT molecular complexity index is 994. The monoisotopic (exact) mass is 459 g/mol. The van der Waals surface area contributed by atoms with Gasteiger partial charge in [0.15, 0.2) is 5.11 Å². The van der Waals surface area contributed by atoms with E-state index in [1.54, 1.807) is 12.3 Å². The van der Waals surface area contributed by atoms with Crippen molar-refractivity contribution in [2.24, 2.45) is 0 Å². The summed E-state index contributed by atoms with van der Waals surface area (Å²) in [6, 6.07) is 14.1. The first-order valence-electron chi connectivity index (χ1n) is 9.11. The van der Waals surface area contributed by atoms with Crippen LogP contribution in [0.15, 0.2) is 63.6 Å². The molecule has 3 aromatic rings. The van der Waals surface area contributed by atoms with Crippen molar-refractivity contribution in [2.75, 3.05) is 6.54 Å². The van der Waals surface area contributed by atoms with E-state index in [4.69, 9.17) is 16.6 Å². The smallest absolute Gasteiger partial charge is 0.170 e. The maximum atomic E-state index is 13.4. The van der Waals surface area contributed by atoms with Gasteiger partial charge in [-0.25, -0.2) is 4.39 Å². The highest BCUT2D eigenvalue weighted by molar-refractivity contribution is 9.10. The summed E-state index contributed by atoms with van der Waals surface area (Å²) in [6.07, 6.45) is 2.74. The molecular formula is C21H19BrFN3OS. The van der Waals surface area contributed by atoms with Crippen LogP contribution in [0.2, 0.25) is 0 Å². The summed E-state index contributed by atoms with van der Waals surface area (Å²) in [5.41, 5.74) is 1.71. The van der Waals surface area contributed by atoms with Gasteiger partial charge >= 0.3 is 0 Å². The van der Waals surface area contributed by atoms with Crippen LogP contribution in [0.4, 0.5) is 4.39 Å². The zero-order chi connectivity index (χ0) is 19.7. The number of aromatic nitrogens is 1. The fraction of sp³-hybridized carbons (Fsp3) is 0.238. The lowest BCUT2D eigenvalue weighted by atomic mass is 10.0. The predicted octanol–water partition coefficient (Wildman–Crippen LogP) is 5.63. The van der Waals surface area contributed by atoms with Gasteiger partial charge in [0.1, 0.15) is 23.4 Å². The van der Waals surface area contributed by atoms with E-state index in [1.165, 1.54) is 12.1 Å². The lowest BCUT2D eigenvalue weighted by molar-refractivity contribution is 0.275. The van der Waals surface area contributed by atoms with E-state index >= 15 is 0 Å². The first kappa shape index (κ1) is 19.1. The molecule has 0 spiro atoms. The van der Waals surface area contributed by atoms with Crippen LogP contribution >= 0.6 is 28.1 Å². The molecule has 0 radical (unpaired) electrons. The van der Waals surface area contributed by atoms with E-state index in [-0.39, 0.29) is 17.9 Å². The van der Waals surface area contributed by atoms with E-state index in [9.17, 15) is 4.39 Å². The molecule has 7 heteroatoms. The van der Waals surface area contributed by atoms with Gasteiger partial charge in [-0.3, -0.25) is 4.98 Å². The van der Waals surface area contributed by atoms with Crippen LogP contribution < -0.4 is 5.32 Å². The van der Waals surface area contributed by atoms with Gasteiger partial charge in [0, 0.05) is 22.8 Å². The van der Waals surface area contributed by atoms with Gasteiger partial charge in [-0.1, -0.05) is 13.0 Å². The van der Waals surface area contributed by atoms with Crippen molar-refractivity contribution < 1.29 is 8.81 Å². The van der Waals surface area contributed by atoms with Crippen molar-refractivity contribution in [3.05, 3.63) is 76.5 Å². The summed E-state index contributed by atoms with van der Waals surface area (Å²) in [5.74, 6) is 1.18. The molecule has 4 nitrogen and oxygen atoms in total. The maximum absolute atomic E-state index is 13.4. The van der Waals surface area contributed by atoms with E-state index in [1.807, 2.05) is 30.3 Å². The molecule has 0 aliphatic carbocycles. The Morgan fingerprint density at radius 1 is 1.25 bits per heavy atom. The standard InChI is InChI=1S/C21H19BrFN3OS/c1-2-11-26-20(19(25-21(26)28)16-5-3-4-10-24-16)18-9-8-17(27-18)14-7-6-13(23)12-15(14)22/h3-10,12,19-20H,2,11H2,1H3,(H,25,28)/t19-,20+/m0/s1. The zero-order valence-corrected chi connectivity index (χ0v) is 17.6. The molecule has 4 rings (SSSR count). The molecular weight excluding hydrogens is 441 g/mol. The number of benzene rings is 1. The van der Waals surface area contributed by atoms with Crippen LogP contribution in [-0.2, 0) is 0 Å². The van der Waals surface area contributed by atoms with E-state index in [0.717, 1.165) is 30.0 Å². The molecule has 28 heavy (non-hydrogen) atoms. The van der Waals surface area contributed by atoms with Gasteiger partial charge < -0.3 is 14.6 Å². The van der Waals surface area contributed by atoms with Gasteiger partial charge in [0.2, 0.25) is 0 Å². The number of rotatable bonds is 5. The number of furan rings is 1. The van der Waals surface area contributed by atoms with E-state index in [2.05, 4.69) is 38.1 Å². The third-order valence-corrected chi connectivity index (χ3v) is 5.79. The number of halogens is 2. The number of hydrogen-bond donors (Lipinski definition) is 1. The second-order valence-electron chi connectivity index (χ2n) is 6.65. The predicted molar refractivity (Wildman–Crippen MR) is 114 cm³/mol. The highest BCUT2D eigenvalue weighted by atomic mass is 79.9. The Hall–Kier alpha value is -2.25. The third-order valence-electron chi connectivity index (χ3n) is 4.78. The van der Waals surface area contributed by atoms with Gasteiger partial charge in [-0.15, -0.1) is 0 Å². The average Bonchev–Trinajstić information content (AvgIpc) is 3.28. The minimum Gasteiger partial charge on any atom is -0.459 e. The van der Waals surface area contributed by atoms with Crippen molar-refractivity contribution in [3.63, 3.8) is 0 Å². The van der Waals surface area contributed by atoms with Crippen molar-refractivity contribution in [2.45, 2.75) is 25.4 Å². The molecule has 3 heterocycles. The van der Waals surface area contributed by atoms with E-state index in [0.29, 0.717) is 15.3 Å². The van der Waals surface area contributed by atoms with Crippen molar-refractivity contribution in [1.29, 1.82) is 0 Å². The normalized spacial score (nSPS) is 19.1. The largest absolute Gasteiger partial charge is 0.459 e. The SMILES string of the molecule is CCCN1C(=S)N[C@@H](c2ccccn2)[C@H]1c1ccc(-c2ccc(F)cc2Br)o1. The minimum absolute atomic E-state index is 0.101. The van der Waals surface area contributed by atoms with Gasteiger partial charge in [-0.05, 0) is 77.0 Å². The topological polar surface area (TPSA) is 41.3 Å². The Morgan fingerprint density at radius 2 is 2.11 bits per heavy atom. The summed E-state index contributed by atoms with van der Waals surface area (Å²) in [6.45, 7) is 2.94. The highest BCUT2D eigenvalue weighted by Gasteiger charge is 2.41. The average molecular weight is 460 g/mol. The van der Waals surface area contributed by atoms with Crippen molar-refractivity contribution in [1.82, 2.24) is 15.2 Å². The quantitative estimate of drug-likeness (QED) is 0.501. The molecule has 2 aromatic heterocycles. The molecule has 1 aliphatic heterocycles. The van der Waals surface area contributed by atoms with Crippen LogP contribution in [0.1, 0.15) is 36.9 Å². The summed E-state index contributed by atoms with van der Waals surface area (Å²) in [5, 5.41) is 4.10. The molecule has 0 saturated carbocycles. The molecule has 1 fully saturated rings. The Kier molecular flexibility index (Phi) is 5.46. The first-order valence-corrected chi connectivity index (χ1v) is 10.3. The van der Waals surface area contributed by atoms with Crippen LogP contribution in [0.25, 0.3) is 11.3 Å². The Morgan fingerprint density at radius 3 is 2.82 bits per heavy atom. The van der Waals surface area contributed by atoms with Crippen LogP contribution in [0.3, 0.4) is 0 Å². The van der Waals surface area contributed by atoms with Crippen LogP contribution in [-0.4, -0.2) is 21.5 Å². The van der Waals surface area contributed by atoms with Gasteiger partial charge in [-0.2, -0.15) is 0 Å². The summed E-state index contributed by atoms with van der Waals surface area (Å²) >= 11 is 9.01. The number of thiocarbonyl (C=S) groups is 1. The van der Waals surface area contributed by atoms with Gasteiger partial charge in [0.05, 0.1) is 11.7 Å². The second kappa shape index (κ2) is 8.01. The summed E-state index contributed by atoms with van der Waals surface area (Å²) in [4.78, 5) is 6.66. The van der Waals surface area contributed by atoms with Gasteiger partial charge in [0.25, 0.3) is 0 Å². The lowest BCUT2D eigenvalue weighted by Gasteiger charge is -2.25. The molecule has 1 saturated heterocycles. The fourth-order valence-corrected chi connectivity index (χ4v) is 4.42. The zero-order valence-electron chi connectivity index (χ0n) is 15.2. The summed E-state index contributed by atoms with van der Waals surface area (Å²) in [7, 11) is 0. The number of nitrogens with one attached hydrogen (secondary N) is 1. The summed E-state index contributed by atoms with van der Waals surface area (Å²) < 4.78 is 20.3. The number of pyridine rings is 1. The molecule has 144 valence electrons. The second-order valence-corrected chi connectivity index (χ2v) is 7.89. The maximum Gasteiger partial charge on any atom is 0.170 e. The highest BCUT2D eigenvalue weighted by Crippen LogP contribution is 2.41. The van der Waals surface area contributed by atoms with E-state index < -0.39 is 0 Å². The molecule has 1 aliphatic rings. The van der Waals surface area contributed by atoms with Crippen LogP contribution in [0, 0.1) is 5.82 Å². The Labute approximate surface area is 176 Å². The minimum atomic E-state index is -0.294. The number of nitrogens with zero attached hydrogens (tertiary/aromatic N) is 2. The molecule has 0 unspecified atom stereocenters. The first-order chi connectivity index (χ1) is 13.6. The number of hydrogen-bond acceptors (Lipinski definition) is 3. The fourth-order valence-electron chi connectivity index (χ4n) is 3.54. The molecule has 0 amide bonds. The molecule has 1 N–H and O–H groups in total. The van der Waals surface area contributed by atoms with Crippen LogP contribution in [0.5, 0.6) is 0 Å². The van der Waals surface area contributed by atoms with Crippen molar-refractivity contribution >= 4 is 33.3 Å². The Balaban J connectivity index is 1.73. The lowest BCUT2D eigenvalue weighted by Crippen LogP contribution is -2.30. The third kappa shape index (κ3) is 3.56.